The first-order valence-electron chi connectivity index (χ1n) is 9.81. The third-order valence-corrected chi connectivity index (χ3v) is 7.04. The predicted molar refractivity (Wildman–Crippen MR) is 118 cm³/mol. The zero-order valence-corrected chi connectivity index (χ0v) is 18.1. The minimum atomic E-state index is -3.76. The van der Waals surface area contributed by atoms with Crippen molar-refractivity contribution in [2.45, 2.75) is 29.9 Å². The van der Waals surface area contributed by atoms with Crippen LogP contribution in [0.3, 0.4) is 0 Å². The molecular weight excluding hydrogens is 414 g/mol. The Morgan fingerprint density at radius 2 is 1.74 bits per heavy atom. The fraction of sp³-hybridized carbons (Fsp3) is 0.208. The number of nitrogens with zero attached hydrogens (tertiary/aromatic N) is 1. The van der Waals surface area contributed by atoms with Crippen LogP contribution >= 0.6 is 0 Å². The van der Waals surface area contributed by atoms with Gasteiger partial charge in [-0.3, -0.25) is 0 Å². The number of hydrogen-bond acceptors (Lipinski definition) is 6. The summed E-state index contributed by atoms with van der Waals surface area (Å²) in [6.07, 6.45) is 0.370. The van der Waals surface area contributed by atoms with E-state index in [0.717, 1.165) is 11.1 Å². The minimum Gasteiger partial charge on any atom is -0.497 e. The molecule has 0 saturated carbocycles. The molecule has 0 spiro atoms. The molecule has 0 bridgehead atoms. The highest BCUT2D eigenvalue weighted by Crippen LogP contribution is 2.39. The fourth-order valence-electron chi connectivity index (χ4n) is 3.38. The second-order valence-electron chi connectivity index (χ2n) is 7.24. The summed E-state index contributed by atoms with van der Waals surface area (Å²) in [5.74, 6) is 1.09. The summed E-state index contributed by atoms with van der Waals surface area (Å²) in [5.41, 5.74) is 2.56. The van der Waals surface area contributed by atoms with Crippen LogP contribution in [0.4, 0.5) is 0 Å². The van der Waals surface area contributed by atoms with Crippen LogP contribution in [0, 0.1) is 6.92 Å². The normalized spacial score (nSPS) is 17.9. The van der Waals surface area contributed by atoms with Crippen molar-refractivity contribution in [3.05, 3.63) is 89.5 Å². The number of hydrogen-bond donors (Lipinski definition) is 0. The maximum atomic E-state index is 13.3. The molecule has 0 radical (unpaired) electrons. The first-order chi connectivity index (χ1) is 15.0. The molecule has 0 saturated heterocycles. The fourth-order valence-corrected chi connectivity index (χ4v) is 4.92. The van der Waals surface area contributed by atoms with E-state index in [4.69, 9.17) is 14.2 Å². The van der Waals surface area contributed by atoms with Gasteiger partial charge in [0, 0.05) is 11.6 Å². The van der Waals surface area contributed by atoms with Crippen molar-refractivity contribution in [2.24, 2.45) is 4.99 Å². The first kappa shape index (κ1) is 20.9. The molecule has 0 aromatic heterocycles. The summed E-state index contributed by atoms with van der Waals surface area (Å²) >= 11 is 0. The van der Waals surface area contributed by atoms with E-state index >= 15 is 0 Å². The highest BCUT2D eigenvalue weighted by Gasteiger charge is 2.41. The first-order valence-corrected chi connectivity index (χ1v) is 11.4. The van der Waals surface area contributed by atoms with E-state index < -0.39 is 21.3 Å². The Morgan fingerprint density at radius 3 is 2.45 bits per heavy atom. The summed E-state index contributed by atoms with van der Waals surface area (Å²) in [6, 6.07) is 21.7. The van der Waals surface area contributed by atoms with E-state index in [0.29, 0.717) is 23.7 Å². The molecule has 1 aliphatic heterocycles. The van der Waals surface area contributed by atoms with Crippen molar-refractivity contribution in [2.75, 3.05) is 7.11 Å². The highest BCUT2D eigenvalue weighted by molar-refractivity contribution is 7.92. The van der Waals surface area contributed by atoms with Crippen LogP contribution in [0.1, 0.15) is 22.8 Å². The van der Waals surface area contributed by atoms with Gasteiger partial charge in [-0.2, -0.15) is 0 Å². The second kappa shape index (κ2) is 8.81. The standard InChI is InChI=1S/C24H23NO5S/c1-17-8-11-20(12-9-17)31(26,27)24-23(30-16-25-24)21-13-10-19(28-2)14-22(21)29-15-18-6-4-3-5-7-18/h3-14,16,23-24H,15H2,1-2H3/t23-,24-/m1/s1. The van der Waals surface area contributed by atoms with Gasteiger partial charge in [0.1, 0.15) is 18.1 Å². The number of benzene rings is 3. The predicted octanol–water partition coefficient (Wildman–Crippen LogP) is 4.48. The van der Waals surface area contributed by atoms with E-state index in [-0.39, 0.29) is 4.90 Å². The van der Waals surface area contributed by atoms with E-state index in [1.54, 1.807) is 49.6 Å². The third-order valence-electron chi connectivity index (χ3n) is 5.11. The summed E-state index contributed by atoms with van der Waals surface area (Å²) in [6.45, 7) is 2.23. The molecule has 160 valence electrons. The molecule has 0 unspecified atom stereocenters. The molecule has 3 aromatic carbocycles. The van der Waals surface area contributed by atoms with Gasteiger partial charge in [-0.05, 0) is 36.8 Å². The molecule has 31 heavy (non-hydrogen) atoms. The molecule has 0 N–H and O–H groups in total. The van der Waals surface area contributed by atoms with Gasteiger partial charge < -0.3 is 14.2 Å². The van der Waals surface area contributed by atoms with E-state index in [9.17, 15) is 8.42 Å². The van der Waals surface area contributed by atoms with Crippen LogP contribution < -0.4 is 9.47 Å². The molecule has 7 heteroatoms. The van der Waals surface area contributed by atoms with Crippen LogP contribution in [0.2, 0.25) is 0 Å². The average Bonchev–Trinajstić information content (AvgIpc) is 3.29. The number of aliphatic imine (C=N–C) groups is 1. The lowest BCUT2D eigenvalue weighted by molar-refractivity contribution is 0.214. The summed E-state index contributed by atoms with van der Waals surface area (Å²) < 4.78 is 43.6. The van der Waals surface area contributed by atoms with Crippen molar-refractivity contribution in [3.63, 3.8) is 0 Å². The quantitative estimate of drug-likeness (QED) is 0.545. The Balaban J connectivity index is 1.66. The van der Waals surface area contributed by atoms with Crippen LogP contribution in [-0.2, 0) is 21.2 Å². The average molecular weight is 438 g/mol. The van der Waals surface area contributed by atoms with Crippen molar-refractivity contribution in [1.29, 1.82) is 0 Å². The molecule has 0 aliphatic carbocycles. The second-order valence-corrected chi connectivity index (χ2v) is 9.28. The Morgan fingerprint density at radius 1 is 1.00 bits per heavy atom. The lowest BCUT2D eigenvalue weighted by atomic mass is 10.1. The molecule has 0 amide bonds. The monoisotopic (exact) mass is 437 g/mol. The van der Waals surface area contributed by atoms with Gasteiger partial charge in [0.15, 0.2) is 17.9 Å². The highest BCUT2D eigenvalue weighted by atomic mass is 32.2. The van der Waals surface area contributed by atoms with Gasteiger partial charge in [-0.15, -0.1) is 0 Å². The zero-order chi connectivity index (χ0) is 21.8. The van der Waals surface area contributed by atoms with E-state index in [2.05, 4.69) is 4.99 Å². The zero-order valence-electron chi connectivity index (χ0n) is 17.3. The van der Waals surface area contributed by atoms with Gasteiger partial charge >= 0.3 is 0 Å². The molecule has 1 aliphatic rings. The lowest BCUT2D eigenvalue weighted by Crippen LogP contribution is -2.25. The van der Waals surface area contributed by atoms with Crippen molar-refractivity contribution < 1.29 is 22.6 Å². The molecule has 6 nitrogen and oxygen atoms in total. The number of ether oxygens (including phenoxy) is 3. The Labute approximate surface area is 182 Å². The summed E-state index contributed by atoms with van der Waals surface area (Å²) in [4.78, 5) is 4.35. The number of methoxy groups -OCH3 is 1. The lowest BCUT2D eigenvalue weighted by Gasteiger charge is -2.21. The van der Waals surface area contributed by atoms with Gasteiger partial charge in [0.2, 0.25) is 9.84 Å². The van der Waals surface area contributed by atoms with Crippen LogP contribution in [0.25, 0.3) is 0 Å². The molecule has 1 heterocycles. The van der Waals surface area contributed by atoms with Gasteiger partial charge in [-0.25, -0.2) is 13.4 Å². The molecular formula is C24H23NO5S. The number of rotatable bonds is 7. The van der Waals surface area contributed by atoms with Crippen molar-refractivity contribution in [3.8, 4) is 11.5 Å². The molecule has 2 atom stereocenters. The maximum absolute atomic E-state index is 13.3. The minimum absolute atomic E-state index is 0.205. The third kappa shape index (κ3) is 4.41. The molecule has 4 rings (SSSR count). The topological polar surface area (TPSA) is 74.2 Å². The van der Waals surface area contributed by atoms with E-state index in [1.807, 2.05) is 37.3 Å². The van der Waals surface area contributed by atoms with E-state index in [1.165, 1.54) is 6.40 Å². The molecule has 0 fully saturated rings. The van der Waals surface area contributed by atoms with Crippen LogP contribution in [-0.4, -0.2) is 27.3 Å². The van der Waals surface area contributed by atoms with Gasteiger partial charge in [0.05, 0.1) is 12.0 Å². The molecule has 3 aromatic rings. The smallest absolute Gasteiger partial charge is 0.205 e. The van der Waals surface area contributed by atoms with Gasteiger partial charge in [0.25, 0.3) is 0 Å². The van der Waals surface area contributed by atoms with Crippen molar-refractivity contribution in [1.82, 2.24) is 0 Å². The number of aryl methyl sites for hydroxylation is 1. The number of sulfone groups is 1. The Kier molecular flexibility index (Phi) is 5.95. The summed E-state index contributed by atoms with van der Waals surface area (Å²) in [7, 11) is -2.20. The largest absolute Gasteiger partial charge is 0.497 e. The van der Waals surface area contributed by atoms with Crippen LogP contribution in [0.15, 0.2) is 82.7 Å². The van der Waals surface area contributed by atoms with Crippen molar-refractivity contribution >= 4 is 16.2 Å². The SMILES string of the molecule is COc1ccc([C@H]2OC=N[C@@H]2S(=O)(=O)c2ccc(C)cc2)c(OCc2ccccc2)c1. The Hall–Kier alpha value is -3.32. The maximum Gasteiger partial charge on any atom is 0.205 e. The van der Waals surface area contributed by atoms with Crippen LogP contribution in [0.5, 0.6) is 11.5 Å². The summed E-state index contributed by atoms with van der Waals surface area (Å²) in [5, 5.41) is -1.11. The Bertz CT molecular complexity index is 1170. The van der Waals surface area contributed by atoms with Gasteiger partial charge in [-0.1, -0.05) is 48.0 Å².